The molecule has 0 spiro atoms. The van der Waals surface area contributed by atoms with Crippen molar-refractivity contribution in [3.63, 3.8) is 0 Å². The summed E-state index contributed by atoms with van der Waals surface area (Å²) in [5, 5.41) is 17.1. The fraction of sp³-hybridized carbons (Fsp3) is 0.412. The molecule has 7 heteroatoms. The summed E-state index contributed by atoms with van der Waals surface area (Å²) < 4.78 is 1.94. The molecule has 2 aromatic rings. The van der Waals surface area contributed by atoms with Gasteiger partial charge in [-0.05, 0) is 44.7 Å². The molecule has 7 nitrogen and oxygen atoms in total. The summed E-state index contributed by atoms with van der Waals surface area (Å²) in [6.45, 7) is 3.16. The second kappa shape index (κ2) is 6.42. The number of aromatic nitrogens is 3. The molecule has 3 rings (SSSR count). The van der Waals surface area contributed by atoms with Gasteiger partial charge in [-0.3, -0.25) is 9.69 Å². The van der Waals surface area contributed by atoms with Crippen LogP contribution in [0.25, 0.3) is 0 Å². The van der Waals surface area contributed by atoms with Gasteiger partial charge >= 0.3 is 0 Å². The first-order valence-corrected chi connectivity index (χ1v) is 7.88. The van der Waals surface area contributed by atoms with Crippen LogP contribution < -0.4 is 4.90 Å². The van der Waals surface area contributed by atoms with Crippen LogP contribution in [-0.4, -0.2) is 45.2 Å². The Hall–Kier alpha value is -2.72. The third-order valence-electron chi connectivity index (χ3n) is 4.59. The van der Waals surface area contributed by atoms with E-state index in [2.05, 4.69) is 16.3 Å². The third kappa shape index (κ3) is 2.88. The highest BCUT2D eigenvalue weighted by molar-refractivity contribution is 5.99. The first-order chi connectivity index (χ1) is 11.5. The van der Waals surface area contributed by atoms with Crippen molar-refractivity contribution in [2.24, 2.45) is 7.05 Å². The van der Waals surface area contributed by atoms with E-state index in [0.29, 0.717) is 18.7 Å². The molecular formula is C17H20N6O. The van der Waals surface area contributed by atoms with Crippen molar-refractivity contribution in [3.8, 4) is 6.07 Å². The van der Waals surface area contributed by atoms with Gasteiger partial charge in [-0.25, -0.2) is 0 Å². The highest BCUT2D eigenvalue weighted by Gasteiger charge is 2.35. The molecule has 1 atom stereocenters. The Bertz CT molecular complexity index is 788. The number of aryl methyl sites for hydroxylation is 1. The fourth-order valence-electron chi connectivity index (χ4n) is 2.97. The molecule has 0 bridgehead atoms. The minimum atomic E-state index is -0.169. The van der Waals surface area contributed by atoms with E-state index < -0.39 is 0 Å². The van der Waals surface area contributed by atoms with Gasteiger partial charge in [0.15, 0.2) is 0 Å². The normalized spacial score (nSPS) is 17.5. The summed E-state index contributed by atoms with van der Waals surface area (Å²) in [6.07, 6.45) is 0.770. The minimum absolute atomic E-state index is 0.0843. The van der Waals surface area contributed by atoms with Gasteiger partial charge in [0.2, 0.25) is 5.91 Å². The average molecular weight is 324 g/mol. The highest BCUT2D eigenvalue weighted by Crippen LogP contribution is 2.24. The molecule has 124 valence electrons. The predicted octanol–water partition coefficient (Wildman–Crippen LogP) is 1.23. The molecule has 0 N–H and O–H groups in total. The van der Waals surface area contributed by atoms with Gasteiger partial charge in [0.05, 0.1) is 24.2 Å². The lowest BCUT2D eigenvalue weighted by atomic mass is 10.2. The monoisotopic (exact) mass is 324 g/mol. The first-order valence-electron chi connectivity index (χ1n) is 7.88. The van der Waals surface area contributed by atoms with Gasteiger partial charge < -0.3 is 9.47 Å². The molecule has 1 fully saturated rings. The summed E-state index contributed by atoms with van der Waals surface area (Å²) in [5.74, 6) is 1.79. The molecule has 0 radical (unpaired) electrons. The van der Waals surface area contributed by atoms with E-state index in [0.717, 1.165) is 23.8 Å². The Kier molecular flexibility index (Phi) is 4.32. The van der Waals surface area contributed by atoms with Crippen LogP contribution in [0, 0.1) is 18.3 Å². The largest absolute Gasteiger partial charge is 0.317 e. The number of hydrogen-bond acceptors (Lipinski definition) is 5. The second-order valence-corrected chi connectivity index (χ2v) is 6.09. The van der Waals surface area contributed by atoms with E-state index in [4.69, 9.17) is 5.26 Å². The smallest absolute Gasteiger partial charge is 0.244 e. The first kappa shape index (κ1) is 16.1. The van der Waals surface area contributed by atoms with E-state index in [1.807, 2.05) is 42.6 Å². The molecule has 2 heterocycles. The van der Waals surface area contributed by atoms with E-state index in [1.165, 1.54) is 0 Å². The molecule has 1 aliphatic heterocycles. The quantitative estimate of drug-likeness (QED) is 0.845. The number of carbonyl (C=O) groups excluding carboxylic acids is 1. The molecule has 1 aromatic heterocycles. The predicted molar refractivity (Wildman–Crippen MR) is 89.1 cm³/mol. The van der Waals surface area contributed by atoms with Gasteiger partial charge in [0.25, 0.3) is 0 Å². The van der Waals surface area contributed by atoms with Gasteiger partial charge in [-0.2, -0.15) is 5.26 Å². The highest BCUT2D eigenvalue weighted by atomic mass is 16.2. The van der Waals surface area contributed by atoms with E-state index in [-0.39, 0.29) is 11.9 Å². The summed E-state index contributed by atoms with van der Waals surface area (Å²) in [6, 6.07) is 9.05. The molecule has 0 aliphatic carbocycles. The summed E-state index contributed by atoms with van der Waals surface area (Å²) in [5.41, 5.74) is 1.43. The molecule has 1 amide bonds. The van der Waals surface area contributed by atoms with Gasteiger partial charge in [0, 0.05) is 19.3 Å². The van der Waals surface area contributed by atoms with E-state index >= 15 is 0 Å². The van der Waals surface area contributed by atoms with Crippen molar-refractivity contribution in [3.05, 3.63) is 41.5 Å². The van der Waals surface area contributed by atoms with E-state index in [1.54, 1.807) is 17.0 Å². The summed E-state index contributed by atoms with van der Waals surface area (Å²) in [7, 11) is 3.87. The van der Waals surface area contributed by atoms with Crippen LogP contribution in [0.3, 0.4) is 0 Å². The van der Waals surface area contributed by atoms with Crippen molar-refractivity contribution in [1.29, 1.82) is 5.26 Å². The number of rotatable bonds is 4. The SMILES string of the molecule is Cc1nnc(CN(C)C2CCN(c3ccc(C#N)cc3)C2=O)n1C. The van der Waals surface area contributed by atoms with Crippen molar-refractivity contribution >= 4 is 11.6 Å². The number of amides is 1. The molecule has 1 unspecified atom stereocenters. The zero-order valence-electron chi connectivity index (χ0n) is 14.1. The topological polar surface area (TPSA) is 78.1 Å². The Morgan fingerprint density at radius 2 is 2.04 bits per heavy atom. The molecular weight excluding hydrogens is 304 g/mol. The van der Waals surface area contributed by atoms with E-state index in [9.17, 15) is 4.79 Å². The van der Waals surface area contributed by atoms with Gasteiger partial charge in [-0.1, -0.05) is 0 Å². The third-order valence-corrected chi connectivity index (χ3v) is 4.59. The second-order valence-electron chi connectivity index (χ2n) is 6.09. The Balaban J connectivity index is 1.71. The van der Waals surface area contributed by atoms with Crippen molar-refractivity contribution < 1.29 is 4.79 Å². The molecule has 0 saturated carbocycles. The number of nitrogens with zero attached hydrogens (tertiary/aromatic N) is 6. The number of nitriles is 1. The number of benzene rings is 1. The zero-order chi connectivity index (χ0) is 17.3. The van der Waals surface area contributed by atoms with Crippen LogP contribution in [0.15, 0.2) is 24.3 Å². The number of hydrogen-bond donors (Lipinski definition) is 0. The summed E-state index contributed by atoms with van der Waals surface area (Å²) >= 11 is 0. The molecule has 1 aliphatic rings. The van der Waals surface area contributed by atoms with Crippen molar-refractivity contribution in [2.45, 2.75) is 25.9 Å². The standard InChI is InChI=1S/C17H20N6O/c1-12-19-20-16(22(12)3)11-21(2)15-8-9-23(17(15)24)14-6-4-13(10-18)5-7-14/h4-7,15H,8-9,11H2,1-3H3. The minimum Gasteiger partial charge on any atom is -0.317 e. The Morgan fingerprint density at radius 1 is 1.33 bits per heavy atom. The van der Waals surface area contributed by atoms with Crippen molar-refractivity contribution in [1.82, 2.24) is 19.7 Å². The lowest BCUT2D eigenvalue weighted by Gasteiger charge is -2.23. The Labute approximate surface area is 141 Å². The van der Waals surface area contributed by atoms with Crippen LogP contribution in [0.5, 0.6) is 0 Å². The van der Waals surface area contributed by atoms with Gasteiger partial charge in [0.1, 0.15) is 11.6 Å². The van der Waals surface area contributed by atoms with Crippen molar-refractivity contribution in [2.75, 3.05) is 18.5 Å². The maximum Gasteiger partial charge on any atom is 0.244 e. The van der Waals surface area contributed by atoms with Crippen LogP contribution >= 0.6 is 0 Å². The lowest BCUT2D eigenvalue weighted by Crippen LogP contribution is -2.39. The lowest BCUT2D eigenvalue weighted by molar-refractivity contribution is -0.121. The van der Waals surface area contributed by atoms with Crippen LogP contribution in [0.1, 0.15) is 23.6 Å². The van der Waals surface area contributed by atoms with Crippen LogP contribution in [0.4, 0.5) is 5.69 Å². The van der Waals surface area contributed by atoms with Crippen LogP contribution in [0.2, 0.25) is 0 Å². The maximum atomic E-state index is 12.8. The molecule has 1 aromatic carbocycles. The molecule has 24 heavy (non-hydrogen) atoms. The Morgan fingerprint density at radius 3 is 2.62 bits per heavy atom. The van der Waals surface area contributed by atoms with Gasteiger partial charge in [-0.15, -0.1) is 10.2 Å². The number of carbonyl (C=O) groups is 1. The zero-order valence-corrected chi connectivity index (χ0v) is 14.1. The molecule has 1 saturated heterocycles. The number of likely N-dealkylation sites (N-methyl/N-ethyl adjacent to an activating group) is 1. The number of anilines is 1. The summed E-state index contributed by atoms with van der Waals surface area (Å²) in [4.78, 5) is 16.6. The average Bonchev–Trinajstić information content (AvgIpc) is 3.12. The maximum absolute atomic E-state index is 12.8. The van der Waals surface area contributed by atoms with Crippen LogP contribution in [-0.2, 0) is 18.4 Å². The fourth-order valence-corrected chi connectivity index (χ4v) is 2.97.